The van der Waals surface area contributed by atoms with Gasteiger partial charge in [-0.05, 0) is 18.2 Å². The van der Waals surface area contributed by atoms with Gasteiger partial charge in [-0.1, -0.05) is 41.4 Å². The van der Waals surface area contributed by atoms with Crippen molar-refractivity contribution in [3.63, 3.8) is 0 Å². The van der Waals surface area contributed by atoms with Gasteiger partial charge in [-0.2, -0.15) is 0 Å². The molecule has 0 amide bonds. The van der Waals surface area contributed by atoms with Crippen LogP contribution in [-0.4, -0.2) is 17.9 Å². The first-order valence-corrected chi connectivity index (χ1v) is 10.5. The predicted molar refractivity (Wildman–Crippen MR) is 117 cm³/mol. The number of hydrogen-bond acceptors (Lipinski definition) is 7. The summed E-state index contributed by atoms with van der Waals surface area (Å²) in [5.41, 5.74) is -0.0516. The van der Waals surface area contributed by atoms with Gasteiger partial charge < -0.3 is 18.9 Å². The van der Waals surface area contributed by atoms with Gasteiger partial charge in [0.15, 0.2) is 17.1 Å². The van der Waals surface area contributed by atoms with Gasteiger partial charge in [0.1, 0.15) is 11.5 Å². The SMILES string of the molecule is CC(=O)Oc1cc(Cl)c2c(c1)C1(OC(=O)c3ccccc31)c1cc(OC(C)=O)cc(Cl)c1O2. The Morgan fingerprint density at radius 1 is 0.818 bits per heavy atom. The smallest absolute Gasteiger partial charge is 0.340 e. The van der Waals surface area contributed by atoms with Gasteiger partial charge in [-0.25, -0.2) is 4.79 Å². The number of rotatable bonds is 2. The Kier molecular flexibility index (Phi) is 4.84. The molecule has 0 bridgehead atoms. The third kappa shape index (κ3) is 3.23. The number of ether oxygens (including phenoxy) is 4. The molecule has 3 aromatic rings. The number of halogens is 2. The first kappa shape index (κ1) is 21.3. The minimum atomic E-state index is -1.55. The Morgan fingerprint density at radius 3 is 1.85 bits per heavy atom. The van der Waals surface area contributed by atoms with E-state index < -0.39 is 23.5 Å². The van der Waals surface area contributed by atoms with Gasteiger partial charge >= 0.3 is 17.9 Å². The topological polar surface area (TPSA) is 88.1 Å². The number of carbonyl (C=O) groups excluding carboxylic acids is 3. The zero-order valence-electron chi connectivity index (χ0n) is 17.2. The number of fused-ring (bicyclic) bond motifs is 6. The number of esters is 3. The van der Waals surface area contributed by atoms with Crippen LogP contribution in [0.3, 0.4) is 0 Å². The van der Waals surface area contributed by atoms with Crippen molar-refractivity contribution in [3.8, 4) is 23.0 Å². The first-order valence-electron chi connectivity index (χ1n) is 9.76. The van der Waals surface area contributed by atoms with Crippen molar-refractivity contribution < 1.29 is 33.3 Å². The lowest BCUT2D eigenvalue weighted by Crippen LogP contribution is -2.33. The normalized spacial score (nSPS) is 14.5. The molecule has 0 saturated heterocycles. The standard InChI is InChI=1S/C24H14Cl2O7/c1-11(27)30-13-7-17-21(19(25)9-13)32-22-18(8-14(10-20(22)26)31-12(2)28)24(17)16-6-4-3-5-15(16)23(29)33-24/h3-10H,1-2H3. The Balaban J connectivity index is 1.87. The van der Waals surface area contributed by atoms with E-state index in [1.54, 1.807) is 24.3 Å². The quantitative estimate of drug-likeness (QED) is 0.354. The van der Waals surface area contributed by atoms with Crippen LogP contribution in [0, 0.1) is 0 Å². The van der Waals surface area contributed by atoms with Crippen LogP contribution in [0.5, 0.6) is 23.0 Å². The lowest BCUT2D eigenvalue weighted by molar-refractivity contribution is -0.132. The predicted octanol–water partition coefficient (Wildman–Crippen LogP) is 5.41. The average Bonchev–Trinajstić information content (AvgIpc) is 3.03. The van der Waals surface area contributed by atoms with Gasteiger partial charge in [-0.15, -0.1) is 0 Å². The third-order valence-electron chi connectivity index (χ3n) is 5.29. The van der Waals surface area contributed by atoms with Crippen molar-refractivity contribution in [2.45, 2.75) is 19.4 Å². The van der Waals surface area contributed by atoms with Crippen molar-refractivity contribution >= 4 is 41.1 Å². The molecule has 2 aliphatic heterocycles. The fourth-order valence-corrected chi connectivity index (χ4v) is 4.68. The minimum absolute atomic E-state index is 0.120. The molecule has 7 nitrogen and oxygen atoms in total. The van der Waals surface area contributed by atoms with E-state index in [1.165, 1.54) is 38.1 Å². The molecule has 0 radical (unpaired) electrons. The molecular formula is C24H14Cl2O7. The third-order valence-corrected chi connectivity index (χ3v) is 5.85. The summed E-state index contributed by atoms with van der Waals surface area (Å²) >= 11 is 13.0. The van der Waals surface area contributed by atoms with Crippen LogP contribution in [0.1, 0.15) is 40.9 Å². The highest BCUT2D eigenvalue weighted by molar-refractivity contribution is 6.33. The molecule has 0 fully saturated rings. The summed E-state index contributed by atoms with van der Waals surface area (Å²) in [6.07, 6.45) is 0. The summed E-state index contributed by atoms with van der Waals surface area (Å²) in [5.74, 6) is -1.03. The van der Waals surface area contributed by atoms with E-state index >= 15 is 0 Å². The average molecular weight is 485 g/mol. The Morgan fingerprint density at radius 2 is 1.33 bits per heavy atom. The van der Waals surface area contributed by atoms with Crippen molar-refractivity contribution in [1.82, 2.24) is 0 Å². The first-order chi connectivity index (χ1) is 15.7. The summed E-state index contributed by atoms with van der Waals surface area (Å²) in [6.45, 7) is 2.51. The molecule has 2 heterocycles. The Labute approximate surface area is 197 Å². The van der Waals surface area contributed by atoms with Crippen LogP contribution in [0.4, 0.5) is 0 Å². The maximum absolute atomic E-state index is 13.0. The highest BCUT2D eigenvalue weighted by atomic mass is 35.5. The molecule has 166 valence electrons. The Bertz CT molecular complexity index is 1310. The zero-order chi connectivity index (χ0) is 23.5. The molecule has 33 heavy (non-hydrogen) atoms. The highest BCUT2D eigenvalue weighted by Crippen LogP contribution is 2.60. The number of hydrogen-bond donors (Lipinski definition) is 0. The van der Waals surface area contributed by atoms with E-state index in [-0.39, 0.29) is 33.0 Å². The zero-order valence-corrected chi connectivity index (χ0v) is 18.7. The molecule has 1 spiro atoms. The fraction of sp³-hybridized carbons (Fsp3) is 0.125. The number of carbonyl (C=O) groups is 3. The maximum Gasteiger partial charge on any atom is 0.340 e. The Hall–Kier alpha value is -3.55. The molecule has 0 aromatic heterocycles. The van der Waals surface area contributed by atoms with Gasteiger partial charge in [0.25, 0.3) is 0 Å². The van der Waals surface area contributed by atoms with Crippen LogP contribution < -0.4 is 14.2 Å². The van der Waals surface area contributed by atoms with Gasteiger partial charge in [-0.3, -0.25) is 9.59 Å². The summed E-state index contributed by atoms with van der Waals surface area (Å²) in [6, 6.07) is 12.7. The van der Waals surface area contributed by atoms with E-state index in [1.807, 2.05) is 0 Å². The van der Waals surface area contributed by atoms with E-state index in [4.69, 9.17) is 42.1 Å². The second-order valence-electron chi connectivity index (χ2n) is 7.47. The molecule has 0 saturated carbocycles. The molecule has 2 aliphatic rings. The van der Waals surface area contributed by atoms with Crippen LogP contribution in [0.2, 0.25) is 10.0 Å². The molecule has 0 aliphatic carbocycles. The van der Waals surface area contributed by atoms with Crippen molar-refractivity contribution in [2.75, 3.05) is 0 Å². The maximum atomic E-state index is 13.0. The molecular weight excluding hydrogens is 471 g/mol. The summed E-state index contributed by atoms with van der Waals surface area (Å²) in [5, 5.41) is 0.240. The summed E-state index contributed by atoms with van der Waals surface area (Å²) in [4.78, 5) is 36.2. The van der Waals surface area contributed by atoms with E-state index in [2.05, 4.69) is 0 Å². The van der Waals surface area contributed by atoms with Crippen LogP contribution in [-0.2, 0) is 19.9 Å². The van der Waals surface area contributed by atoms with Gasteiger partial charge in [0.2, 0.25) is 0 Å². The molecule has 3 aromatic carbocycles. The highest BCUT2D eigenvalue weighted by Gasteiger charge is 2.55. The van der Waals surface area contributed by atoms with Gasteiger partial charge in [0, 0.05) is 31.5 Å². The molecule has 9 heteroatoms. The van der Waals surface area contributed by atoms with Crippen LogP contribution >= 0.6 is 23.2 Å². The molecule has 0 atom stereocenters. The molecule has 0 unspecified atom stereocenters. The van der Waals surface area contributed by atoms with Gasteiger partial charge in [0.05, 0.1) is 26.7 Å². The van der Waals surface area contributed by atoms with Crippen molar-refractivity contribution in [2.24, 2.45) is 0 Å². The lowest BCUT2D eigenvalue weighted by Gasteiger charge is -2.37. The lowest BCUT2D eigenvalue weighted by atomic mass is 9.77. The second-order valence-corrected chi connectivity index (χ2v) is 8.28. The minimum Gasteiger partial charge on any atom is -0.453 e. The molecule has 5 rings (SSSR count). The van der Waals surface area contributed by atoms with Crippen LogP contribution in [0.25, 0.3) is 0 Å². The largest absolute Gasteiger partial charge is 0.453 e. The van der Waals surface area contributed by atoms with E-state index in [0.29, 0.717) is 22.3 Å². The van der Waals surface area contributed by atoms with E-state index in [9.17, 15) is 14.4 Å². The summed E-state index contributed by atoms with van der Waals surface area (Å²) in [7, 11) is 0. The van der Waals surface area contributed by atoms with Crippen molar-refractivity contribution in [3.05, 3.63) is 80.8 Å². The molecule has 0 N–H and O–H groups in total. The monoisotopic (exact) mass is 484 g/mol. The van der Waals surface area contributed by atoms with Crippen molar-refractivity contribution in [1.29, 1.82) is 0 Å². The number of benzene rings is 3. The second kappa shape index (κ2) is 7.50. The summed E-state index contributed by atoms with van der Waals surface area (Å²) < 4.78 is 22.6. The fourth-order valence-electron chi connectivity index (χ4n) is 4.18. The van der Waals surface area contributed by atoms with Crippen LogP contribution in [0.15, 0.2) is 48.5 Å². The van der Waals surface area contributed by atoms with E-state index in [0.717, 1.165) is 0 Å².